The van der Waals surface area contributed by atoms with Crippen molar-refractivity contribution >= 4 is 24.5 Å². The summed E-state index contributed by atoms with van der Waals surface area (Å²) in [5, 5.41) is 8.53. The van der Waals surface area contributed by atoms with E-state index in [1.165, 1.54) is 4.90 Å². The van der Waals surface area contributed by atoms with Gasteiger partial charge in [-0.1, -0.05) is 0 Å². The van der Waals surface area contributed by atoms with E-state index in [4.69, 9.17) is 5.11 Å². The summed E-state index contributed by atoms with van der Waals surface area (Å²) in [6.07, 6.45) is 1.71. The molecule has 1 aliphatic heterocycles. The van der Waals surface area contributed by atoms with Gasteiger partial charge in [0.15, 0.2) is 0 Å². The number of likely N-dealkylation sites (tertiary alicyclic amines) is 1. The number of piperidine rings is 1. The number of carbonyl (C=O) groups is 2. The fourth-order valence-corrected chi connectivity index (χ4v) is 1.85. The van der Waals surface area contributed by atoms with Gasteiger partial charge in [-0.05, 0) is 12.8 Å². The summed E-state index contributed by atoms with van der Waals surface area (Å²) < 4.78 is 0. The van der Waals surface area contributed by atoms with Gasteiger partial charge in [-0.25, -0.2) is 0 Å². The van der Waals surface area contributed by atoms with Crippen LogP contribution in [0.1, 0.15) is 12.8 Å². The van der Waals surface area contributed by atoms with Gasteiger partial charge in [-0.15, -0.1) is 0 Å². The highest BCUT2D eigenvalue weighted by atomic mass is 32.1. The lowest BCUT2D eigenvalue weighted by molar-refractivity contribution is -0.147. The normalized spacial score (nSPS) is 23.3. The van der Waals surface area contributed by atoms with Crippen LogP contribution in [0.25, 0.3) is 0 Å². The summed E-state index contributed by atoms with van der Waals surface area (Å²) in [7, 11) is 0. The molecule has 1 aliphatic rings. The number of thiol groups is 1. The van der Waals surface area contributed by atoms with Crippen LogP contribution in [0.15, 0.2) is 0 Å². The van der Waals surface area contributed by atoms with Crippen LogP contribution < -0.4 is 0 Å². The van der Waals surface area contributed by atoms with Gasteiger partial charge >= 0.3 is 5.97 Å². The van der Waals surface area contributed by atoms with Crippen LogP contribution in [0.4, 0.5) is 0 Å². The molecule has 0 spiro atoms. The second-order valence-electron chi connectivity index (χ2n) is 3.18. The van der Waals surface area contributed by atoms with E-state index in [1.54, 1.807) is 0 Å². The molecule has 0 aromatic rings. The van der Waals surface area contributed by atoms with Gasteiger partial charge in [0.05, 0.1) is 0 Å². The molecule has 0 aliphatic carbocycles. The first-order valence-electron chi connectivity index (χ1n) is 4.26. The van der Waals surface area contributed by atoms with Crippen molar-refractivity contribution in [1.82, 2.24) is 4.90 Å². The van der Waals surface area contributed by atoms with Crippen molar-refractivity contribution in [3.63, 3.8) is 0 Å². The fraction of sp³-hybridized carbons (Fsp3) is 0.750. The van der Waals surface area contributed by atoms with E-state index in [9.17, 15) is 9.59 Å². The molecular formula is C8H13NO3S. The molecule has 1 amide bonds. The largest absolute Gasteiger partial charge is 0.480 e. The zero-order valence-electron chi connectivity index (χ0n) is 7.27. The Morgan fingerprint density at radius 2 is 2.38 bits per heavy atom. The van der Waals surface area contributed by atoms with Crippen molar-refractivity contribution in [2.75, 3.05) is 18.8 Å². The second-order valence-corrected chi connectivity index (χ2v) is 3.54. The van der Waals surface area contributed by atoms with Crippen molar-refractivity contribution in [1.29, 1.82) is 0 Å². The van der Waals surface area contributed by atoms with Gasteiger partial charge < -0.3 is 10.0 Å². The average molecular weight is 203 g/mol. The molecule has 1 heterocycles. The molecule has 1 atom stereocenters. The van der Waals surface area contributed by atoms with Gasteiger partial charge in [-0.2, -0.15) is 12.6 Å². The Balaban J connectivity index is 2.54. The third-order valence-electron chi connectivity index (χ3n) is 2.19. The van der Waals surface area contributed by atoms with E-state index in [0.717, 1.165) is 12.8 Å². The van der Waals surface area contributed by atoms with Crippen molar-refractivity contribution < 1.29 is 14.7 Å². The highest BCUT2D eigenvalue weighted by Gasteiger charge is 2.28. The maximum absolute atomic E-state index is 11.5. The lowest BCUT2D eigenvalue weighted by Crippen LogP contribution is -2.44. The minimum Gasteiger partial charge on any atom is -0.480 e. The summed E-state index contributed by atoms with van der Waals surface area (Å²) in [6, 6.07) is 0. The van der Waals surface area contributed by atoms with Crippen LogP contribution in [-0.4, -0.2) is 40.7 Å². The van der Waals surface area contributed by atoms with Gasteiger partial charge in [-0.3, -0.25) is 9.59 Å². The summed E-state index contributed by atoms with van der Waals surface area (Å²) in [5.74, 6) is -0.595. The highest BCUT2D eigenvalue weighted by Crippen LogP contribution is 2.18. The molecule has 0 saturated carbocycles. The average Bonchev–Trinajstić information content (AvgIpc) is 2.08. The highest BCUT2D eigenvalue weighted by molar-refractivity contribution is 7.80. The van der Waals surface area contributed by atoms with E-state index >= 15 is 0 Å². The molecule has 1 rings (SSSR count). The molecule has 4 nitrogen and oxygen atoms in total. The maximum atomic E-state index is 11.5. The Morgan fingerprint density at radius 3 is 2.92 bits per heavy atom. The Morgan fingerprint density at radius 1 is 1.69 bits per heavy atom. The van der Waals surface area contributed by atoms with E-state index < -0.39 is 5.97 Å². The first-order valence-corrected chi connectivity index (χ1v) is 4.90. The Bertz CT molecular complexity index is 219. The number of hydrogen-bond acceptors (Lipinski definition) is 3. The smallest absolute Gasteiger partial charge is 0.323 e. The third-order valence-corrected chi connectivity index (χ3v) is 2.63. The second kappa shape index (κ2) is 4.50. The fourth-order valence-electron chi connectivity index (χ4n) is 1.51. The van der Waals surface area contributed by atoms with E-state index in [0.29, 0.717) is 12.3 Å². The summed E-state index contributed by atoms with van der Waals surface area (Å²) in [6.45, 7) is 0.387. The predicted octanol–water partition coefficient (Wildman–Crippen LogP) is 0.239. The van der Waals surface area contributed by atoms with Crippen LogP contribution >= 0.6 is 12.6 Å². The van der Waals surface area contributed by atoms with Gasteiger partial charge in [0, 0.05) is 18.2 Å². The lowest BCUT2D eigenvalue weighted by Gasteiger charge is -2.30. The van der Waals surface area contributed by atoms with Crippen molar-refractivity contribution in [3.8, 4) is 0 Å². The van der Waals surface area contributed by atoms with Crippen molar-refractivity contribution in [2.24, 2.45) is 5.92 Å². The van der Waals surface area contributed by atoms with E-state index in [2.05, 4.69) is 12.6 Å². The van der Waals surface area contributed by atoms with Crippen molar-refractivity contribution in [2.45, 2.75) is 12.8 Å². The monoisotopic (exact) mass is 203 g/mol. The zero-order valence-corrected chi connectivity index (χ0v) is 8.17. The maximum Gasteiger partial charge on any atom is 0.323 e. The molecule has 74 valence electrons. The number of amides is 1. The van der Waals surface area contributed by atoms with Crippen LogP contribution in [0.2, 0.25) is 0 Å². The first-order chi connectivity index (χ1) is 6.15. The standard InChI is InChI=1S/C8H13NO3S/c10-7(11)4-9-3-1-2-6(5-13)8(9)12/h6,13H,1-5H2,(H,10,11)/t6-/m1/s1. The number of carbonyl (C=O) groups excluding carboxylic acids is 1. The molecule has 0 aromatic heterocycles. The molecule has 0 bridgehead atoms. The molecule has 0 aromatic carbocycles. The molecular weight excluding hydrogens is 190 g/mol. The number of aliphatic carboxylic acids is 1. The quantitative estimate of drug-likeness (QED) is 0.646. The minimum absolute atomic E-state index is 0.0661. The number of carboxylic acid groups (broad SMARTS) is 1. The number of hydrogen-bond donors (Lipinski definition) is 2. The molecule has 13 heavy (non-hydrogen) atoms. The Labute approximate surface area is 82.3 Å². The van der Waals surface area contributed by atoms with Crippen LogP contribution in [0.5, 0.6) is 0 Å². The predicted molar refractivity (Wildman–Crippen MR) is 50.8 cm³/mol. The number of nitrogens with zero attached hydrogens (tertiary/aromatic N) is 1. The molecule has 1 N–H and O–H groups in total. The lowest BCUT2D eigenvalue weighted by atomic mass is 9.99. The molecule has 1 saturated heterocycles. The minimum atomic E-state index is -0.951. The van der Waals surface area contributed by atoms with E-state index in [1.807, 2.05) is 0 Å². The van der Waals surface area contributed by atoms with Crippen molar-refractivity contribution in [3.05, 3.63) is 0 Å². The molecule has 1 fully saturated rings. The van der Waals surface area contributed by atoms with E-state index in [-0.39, 0.29) is 18.4 Å². The van der Waals surface area contributed by atoms with Gasteiger partial charge in [0.25, 0.3) is 0 Å². The zero-order chi connectivity index (χ0) is 9.84. The Kier molecular flexibility index (Phi) is 3.59. The summed E-state index contributed by atoms with van der Waals surface area (Å²) in [4.78, 5) is 23.3. The topological polar surface area (TPSA) is 57.6 Å². The molecule has 0 unspecified atom stereocenters. The van der Waals surface area contributed by atoms with Gasteiger partial charge in [0.1, 0.15) is 6.54 Å². The summed E-state index contributed by atoms with van der Waals surface area (Å²) in [5.41, 5.74) is 0. The molecule has 0 radical (unpaired) electrons. The van der Waals surface area contributed by atoms with Crippen LogP contribution in [0, 0.1) is 5.92 Å². The van der Waals surface area contributed by atoms with Crippen LogP contribution in [-0.2, 0) is 9.59 Å². The SMILES string of the molecule is O=C(O)CN1CCC[C@H](CS)C1=O. The molecule has 5 heteroatoms. The Hall–Kier alpha value is -0.710. The number of rotatable bonds is 3. The van der Waals surface area contributed by atoms with Crippen LogP contribution in [0.3, 0.4) is 0 Å². The summed E-state index contributed by atoms with van der Waals surface area (Å²) >= 11 is 4.06. The number of carboxylic acids is 1. The van der Waals surface area contributed by atoms with Gasteiger partial charge in [0.2, 0.25) is 5.91 Å². The third kappa shape index (κ3) is 2.62. The first kappa shape index (κ1) is 10.4.